The van der Waals surface area contributed by atoms with Gasteiger partial charge in [0.25, 0.3) is 0 Å². The molecule has 1 unspecified atom stereocenters. The number of fused-ring (bicyclic) bond motifs is 1. The molecule has 1 saturated heterocycles. The lowest BCUT2D eigenvalue weighted by molar-refractivity contribution is -0.148. The van der Waals surface area contributed by atoms with E-state index in [2.05, 4.69) is 24.6 Å². The summed E-state index contributed by atoms with van der Waals surface area (Å²) in [5.41, 5.74) is 0.701. The molecule has 106 valence electrons. The number of carboxylic acid groups (broad SMARTS) is 1. The molecule has 0 aromatic rings. The van der Waals surface area contributed by atoms with Gasteiger partial charge in [-0.3, -0.25) is 9.69 Å². The molecular formula is C11H17ClN2O3SSi. The molecule has 0 spiro atoms. The summed E-state index contributed by atoms with van der Waals surface area (Å²) in [5.74, 6) is -0.499. The van der Waals surface area contributed by atoms with Gasteiger partial charge in [0.2, 0.25) is 5.91 Å². The van der Waals surface area contributed by atoms with Gasteiger partial charge in [-0.05, 0) is 5.57 Å². The standard InChI is InChI=1S/C11H17ClN2O3SSi/c1-19(2,3)13-7-9(15)14-8(11(16)17)6(4-12)5-18-10(7)14/h7,10,13H,4-5H2,1-3H3,(H,16,17)/t7?,10-/m0/s1. The third kappa shape index (κ3) is 2.69. The fourth-order valence-electron chi connectivity index (χ4n) is 2.25. The number of hydrogen-bond acceptors (Lipinski definition) is 4. The van der Waals surface area contributed by atoms with Crippen molar-refractivity contribution in [2.75, 3.05) is 11.6 Å². The predicted molar refractivity (Wildman–Crippen MR) is 78.7 cm³/mol. The van der Waals surface area contributed by atoms with Gasteiger partial charge in [-0.2, -0.15) is 0 Å². The van der Waals surface area contributed by atoms with E-state index in [0.29, 0.717) is 11.3 Å². The minimum absolute atomic E-state index is 0.0809. The number of amides is 1. The van der Waals surface area contributed by atoms with Crippen LogP contribution in [0.3, 0.4) is 0 Å². The van der Waals surface area contributed by atoms with Gasteiger partial charge in [0.15, 0.2) is 0 Å². The number of carboxylic acids is 1. The van der Waals surface area contributed by atoms with E-state index in [1.165, 1.54) is 4.90 Å². The number of β-lactam (4-membered cyclic amide) rings is 1. The van der Waals surface area contributed by atoms with E-state index in [0.717, 1.165) is 0 Å². The Labute approximate surface area is 122 Å². The first-order valence-electron chi connectivity index (χ1n) is 6.00. The Kier molecular flexibility index (Phi) is 4.01. The zero-order valence-corrected chi connectivity index (χ0v) is 13.6. The highest BCUT2D eigenvalue weighted by Crippen LogP contribution is 2.40. The molecule has 2 atom stereocenters. The van der Waals surface area contributed by atoms with E-state index in [4.69, 9.17) is 11.6 Å². The SMILES string of the molecule is C[Si](C)(C)NC1C(=O)N2C(C(=O)O)=C(CCl)CS[C@@H]12. The molecule has 19 heavy (non-hydrogen) atoms. The molecule has 0 aliphatic carbocycles. The van der Waals surface area contributed by atoms with Crippen molar-refractivity contribution in [1.82, 2.24) is 9.88 Å². The lowest BCUT2D eigenvalue weighted by Crippen LogP contribution is -2.73. The minimum atomic E-state index is -1.58. The van der Waals surface area contributed by atoms with Crippen LogP contribution in [0.25, 0.3) is 0 Å². The minimum Gasteiger partial charge on any atom is -0.477 e. The average Bonchev–Trinajstić information content (AvgIpc) is 2.32. The molecule has 0 aromatic carbocycles. The third-order valence-electron chi connectivity index (χ3n) is 3.00. The smallest absolute Gasteiger partial charge is 0.352 e. The van der Waals surface area contributed by atoms with E-state index < -0.39 is 14.2 Å². The van der Waals surface area contributed by atoms with Gasteiger partial charge in [-0.1, -0.05) is 19.6 Å². The highest BCUT2D eigenvalue weighted by molar-refractivity contribution is 8.00. The van der Waals surface area contributed by atoms with Gasteiger partial charge in [0.05, 0.1) is 0 Å². The van der Waals surface area contributed by atoms with Crippen molar-refractivity contribution in [2.45, 2.75) is 31.1 Å². The van der Waals surface area contributed by atoms with Crippen molar-refractivity contribution in [2.24, 2.45) is 0 Å². The lowest BCUT2D eigenvalue weighted by atomic mass is 10.0. The molecule has 2 N–H and O–H groups in total. The van der Waals surface area contributed by atoms with Crippen LogP contribution in [-0.4, -0.2) is 53.2 Å². The lowest BCUT2D eigenvalue weighted by Gasteiger charge is -2.51. The quantitative estimate of drug-likeness (QED) is 0.464. The molecule has 5 nitrogen and oxygen atoms in total. The van der Waals surface area contributed by atoms with E-state index in [9.17, 15) is 14.7 Å². The molecule has 0 saturated carbocycles. The Balaban J connectivity index is 2.24. The number of carbonyl (C=O) groups excluding carboxylic acids is 1. The molecule has 0 aromatic heterocycles. The average molecular weight is 321 g/mol. The zero-order chi connectivity index (χ0) is 14.4. The second-order valence-corrected chi connectivity index (χ2v) is 11.8. The summed E-state index contributed by atoms with van der Waals surface area (Å²) in [6.07, 6.45) is 0. The molecular weight excluding hydrogens is 304 g/mol. The van der Waals surface area contributed by atoms with Crippen LogP contribution in [0.15, 0.2) is 11.3 Å². The number of thioether (sulfide) groups is 1. The maximum Gasteiger partial charge on any atom is 0.352 e. The number of rotatable bonds is 4. The summed E-state index contributed by atoms with van der Waals surface area (Å²) < 4.78 is 0. The Morgan fingerprint density at radius 3 is 2.68 bits per heavy atom. The monoisotopic (exact) mass is 320 g/mol. The Bertz CT molecular complexity index is 463. The first-order valence-corrected chi connectivity index (χ1v) is 11.1. The number of carbonyl (C=O) groups is 2. The fraction of sp³-hybridized carbons (Fsp3) is 0.636. The van der Waals surface area contributed by atoms with Crippen molar-refractivity contribution in [1.29, 1.82) is 0 Å². The van der Waals surface area contributed by atoms with Crippen molar-refractivity contribution in [3.8, 4) is 0 Å². The number of nitrogens with zero attached hydrogens (tertiary/aromatic N) is 1. The summed E-state index contributed by atoms with van der Waals surface area (Å²) in [5, 5.41) is 9.15. The number of hydrogen-bond donors (Lipinski definition) is 2. The Morgan fingerprint density at radius 1 is 1.58 bits per heavy atom. The molecule has 0 radical (unpaired) electrons. The summed E-state index contributed by atoms with van der Waals surface area (Å²) in [6.45, 7) is 6.36. The molecule has 8 heteroatoms. The first-order chi connectivity index (χ1) is 8.76. The first kappa shape index (κ1) is 14.9. The van der Waals surface area contributed by atoms with Gasteiger partial charge in [0, 0.05) is 11.6 Å². The van der Waals surface area contributed by atoms with Crippen molar-refractivity contribution in [3.63, 3.8) is 0 Å². The van der Waals surface area contributed by atoms with E-state index in [1.807, 2.05) is 0 Å². The van der Waals surface area contributed by atoms with Crippen LogP contribution >= 0.6 is 23.4 Å². The topological polar surface area (TPSA) is 69.6 Å². The molecule has 2 aliphatic rings. The Morgan fingerprint density at radius 2 is 2.21 bits per heavy atom. The van der Waals surface area contributed by atoms with Crippen molar-refractivity contribution >= 4 is 43.5 Å². The van der Waals surface area contributed by atoms with Gasteiger partial charge in [0.1, 0.15) is 25.3 Å². The molecule has 1 amide bonds. The van der Waals surface area contributed by atoms with E-state index in [1.54, 1.807) is 11.8 Å². The van der Waals surface area contributed by atoms with Crippen LogP contribution in [0.2, 0.25) is 19.6 Å². The number of alkyl halides is 1. The Hall–Kier alpha value is -0.503. The van der Waals surface area contributed by atoms with Crippen LogP contribution < -0.4 is 4.98 Å². The largest absolute Gasteiger partial charge is 0.477 e. The van der Waals surface area contributed by atoms with E-state index >= 15 is 0 Å². The van der Waals surface area contributed by atoms with Crippen LogP contribution in [0.1, 0.15) is 0 Å². The summed E-state index contributed by atoms with van der Waals surface area (Å²) in [4.78, 5) is 28.3. The van der Waals surface area contributed by atoms with Crippen LogP contribution in [0.4, 0.5) is 0 Å². The molecule has 2 heterocycles. The van der Waals surface area contributed by atoms with E-state index in [-0.39, 0.29) is 28.9 Å². The van der Waals surface area contributed by atoms with Crippen molar-refractivity contribution in [3.05, 3.63) is 11.3 Å². The van der Waals surface area contributed by atoms with Crippen LogP contribution in [0.5, 0.6) is 0 Å². The summed E-state index contributed by atoms with van der Waals surface area (Å²) in [7, 11) is -1.58. The van der Waals surface area contributed by atoms with Gasteiger partial charge in [-0.15, -0.1) is 23.4 Å². The highest BCUT2D eigenvalue weighted by Gasteiger charge is 2.54. The van der Waals surface area contributed by atoms with Crippen LogP contribution in [-0.2, 0) is 9.59 Å². The predicted octanol–water partition coefficient (Wildman–Crippen LogP) is 1.27. The zero-order valence-electron chi connectivity index (χ0n) is 11.1. The second kappa shape index (κ2) is 5.12. The molecule has 2 aliphatic heterocycles. The maximum absolute atomic E-state index is 12.2. The van der Waals surface area contributed by atoms with Gasteiger partial charge >= 0.3 is 5.97 Å². The summed E-state index contributed by atoms with van der Waals surface area (Å²) >= 11 is 7.34. The number of nitrogens with one attached hydrogen (secondary N) is 1. The number of aliphatic carboxylic acids is 1. The molecule has 2 rings (SSSR count). The third-order valence-corrected chi connectivity index (χ3v) is 5.84. The van der Waals surface area contributed by atoms with Gasteiger partial charge in [-0.25, -0.2) is 4.79 Å². The maximum atomic E-state index is 12.2. The number of halogens is 1. The van der Waals surface area contributed by atoms with Crippen molar-refractivity contribution < 1.29 is 14.7 Å². The fourth-order valence-corrected chi connectivity index (χ4v) is 5.27. The molecule has 1 fully saturated rings. The summed E-state index contributed by atoms with van der Waals surface area (Å²) in [6, 6.07) is -0.261. The second-order valence-electron chi connectivity index (χ2n) is 5.67. The molecule has 0 bridgehead atoms. The van der Waals surface area contributed by atoms with Crippen LogP contribution in [0, 0.1) is 0 Å². The van der Waals surface area contributed by atoms with Gasteiger partial charge < -0.3 is 10.1 Å². The normalized spacial score (nSPS) is 27.2. The highest BCUT2D eigenvalue weighted by atomic mass is 35.5.